The first-order chi connectivity index (χ1) is 14.7. The van der Waals surface area contributed by atoms with E-state index >= 15 is 0 Å². The highest BCUT2D eigenvalue weighted by Crippen LogP contribution is 2.41. The summed E-state index contributed by atoms with van der Waals surface area (Å²) in [6, 6.07) is 14.5. The lowest BCUT2D eigenvalue weighted by Crippen LogP contribution is -2.55. The lowest BCUT2D eigenvalue weighted by atomic mass is 9.77. The van der Waals surface area contributed by atoms with Crippen LogP contribution in [0, 0.1) is 23.2 Å². The molecule has 2 aromatic rings. The van der Waals surface area contributed by atoms with E-state index in [2.05, 4.69) is 33.9 Å². The molecule has 30 heavy (non-hydrogen) atoms. The maximum Gasteiger partial charge on any atom is 0.102 e. The number of aromatic nitrogens is 1. The molecule has 1 N–H and O–H groups in total. The van der Waals surface area contributed by atoms with Crippen molar-refractivity contribution in [1.82, 2.24) is 4.98 Å². The van der Waals surface area contributed by atoms with E-state index in [1.165, 1.54) is 6.42 Å². The fourth-order valence-corrected chi connectivity index (χ4v) is 5.04. The van der Waals surface area contributed by atoms with Gasteiger partial charge in [0.25, 0.3) is 0 Å². The van der Waals surface area contributed by atoms with Crippen LogP contribution >= 0.6 is 0 Å². The quantitative estimate of drug-likeness (QED) is 0.752. The first-order valence-electron chi connectivity index (χ1n) is 11.1. The highest BCUT2D eigenvalue weighted by molar-refractivity contribution is 5.57. The molecule has 4 nitrogen and oxygen atoms in total. The van der Waals surface area contributed by atoms with E-state index in [1.807, 2.05) is 36.5 Å². The minimum Gasteiger partial charge on any atom is -0.393 e. The fourth-order valence-electron chi connectivity index (χ4n) is 5.04. The van der Waals surface area contributed by atoms with Crippen LogP contribution in [0.25, 0.3) is 0 Å². The highest BCUT2D eigenvalue weighted by Gasteiger charge is 2.41. The second-order valence-electron chi connectivity index (χ2n) is 8.58. The first-order valence-corrected chi connectivity index (χ1v) is 11.1. The Labute approximate surface area is 179 Å². The number of aliphatic hydroxyl groups is 1. The summed E-state index contributed by atoms with van der Waals surface area (Å²) in [6.07, 6.45) is 12.6. The van der Waals surface area contributed by atoms with Crippen molar-refractivity contribution in [3.8, 4) is 17.9 Å². The number of anilines is 1. The smallest absolute Gasteiger partial charge is 0.102 e. The molecule has 0 aliphatic heterocycles. The molecule has 1 heterocycles. The van der Waals surface area contributed by atoms with Gasteiger partial charge in [-0.05, 0) is 68.9 Å². The third-order valence-corrected chi connectivity index (χ3v) is 6.53. The van der Waals surface area contributed by atoms with E-state index in [0.717, 1.165) is 62.6 Å². The van der Waals surface area contributed by atoms with Gasteiger partial charge in [-0.15, -0.1) is 0 Å². The van der Waals surface area contributed by atoms with E-state index in [1.54, 1.807) is 6.20 Å². The van der Waals surface area contributed by atoms with Crippen LogP contribution < -0.4 is 4.90 Å². The molecule has 0 unspecified atom stereocenters. The molecule has 0 spiro atoms. The van der Waals surface area contributed by atoms with Crippen LogP contribution in [0.4, 0.5) is 5.69 Å². The monoisotopic (exact) mass is 399 g/mol. The van der Waals surface area contributed by atoms with E-state index in [0.29, 0.717) is 11.6 Å². The average Bonchev–Trinajstić information content (AvgIpc) is 2.81. The summed E-state index contributed by atoms with van der Waals surface area (Å²) in [5.74, 6) is 7.10. The molecule has 0 saturated heterocycles. The minimum absolute atomic E-state index is 0.197. The Morgan fingerprint density at radius 1 is 1.00 bits per heavy atom. The maximum atomic E-state index is 10.1. The summed E-state index contributed by atoms with van der Waals surface area (Å²) >= 11 is 0. The van der Waals surface area contributed by atoms with E-state index in [-0.39, 0.29) is 11.6 Å². The van der Waals surface area contributed by atoms with Gasteiger partial charge in [-0.2, -0.15) is 5.26 Å². The molecule has 4 rings (SSSR count). The van der Waals surface area contributed by atoms with Gasteiger partial charge in [0.05, 0.1) is 17.7 Å². The zero-order valence-electron chi connectivity index (χ0n) is 17.4. The summed E-state index contributed by atoms with van der Waals surface area (Å²) in [7, 11) is 0. The maximum absolute atomic E-state index is 10.1. The number of rotatable bonds is 3. The number of hydrogen-bond donors (Lipinski definition) is 1. The molecule has 2 aliphatic rings. The van der Waals surface area contributed by atoms with Crippen molar-refractivity contribution in [2.45, 2.75) is 75.5 Å². The summed E-state index contributed by atoms with van der Waals surface area (Å²) in [5, 5.41) is 19.6. The third kappa shape index (κ3) is 4.50. The number of nitrogens with zero attached hydrogens (tertiary/aromatic N) is 3. The number of benzene rings is 1. The summed E-state index contributed by atoms with van der Waals surface area (Å²) < 4.78 is 0. The van der Waals surface area contributed by atoms with Crippen LogP contribution in [-0.4, -0.2) is 27.8 Å². The minimum atomic E-state index is -0.255. The number of nitriles is 1. The molecular weight excluding hydrogens is 370 g/mol. The van der Waals surface area contributed by atoms with Gasteiger partial charge in [0, 0.05) is 29.7 Å². The van der Waals surface area contributed by atoms with Gasteiger partial charge in [0.1, 0.15) is 5.54 Å². The molecule has 0 amide bonds. The summed E-state index contributed by atoms with van der Waals surface area (Å²) in [6.45, 7) is 0. The second-order valence-corrected chi connectivity index (χ2v) is 8.58. The van der Waals surface area contributed by atoms with Crippen LogP contribution in [-0.2, 0) is 0 Å². The van der Waals surface area contributed by atoms with Crippen LogP contribution in [0.2, 0.25) is 0 Å². The molecule has 1 aromatic heterocycles. The Morgan fingerprint density at radius 3 is 2.47 bits per heavy atom. The van der Waals surface area contributed by atoms with E-state index in [9.17, 15) is 10.4 Å². The van der Waals surface area contributed by atoms with E-state index < -0.39 is 0 Å². The number of hydrogen-bond acceptors (Lipinski definition) is 4. The largest absolute Gasteiger partial charge is 0.393 e. The SMILES string of the molecule is N#Cc1cccc(N(C2CCC(O)CC2)C2(C#Cc3cccnc3)CCCCC2)c1. The molecule has 0 radical (unpaired) electrons. The number of aliphatic hydroxyl groups excluding tert-OH is 1. The number of pyridine rings is 1. The molecule has 4 heteroatoms. The van der Waals surface area contributed by atoms with Crippen molar-refractivity contribution >= 4 is 5.69 Å². The second kappa shape index (κ2) is 9.33. The van der Waals surface area contributed by atoms with Crippen molar-refractivity contribution in [3.05, 3.63) is 59.9 Å². The van der Waals surface area contributed by atoms with Crippen LogP contribution in [0.1, 0.15) is 68.9 Å². The van der Waals surface area contributed by atoms with E-state index in [4.69, 9.17) is 0 Å². The third-order valence-electron chi connectivity index (χ3n) is 6.53. The molecule has 2 fully saturated rings. The summed E-state index contributed by atoms with van der Waals surface area (Å²) in [4.78, 5) is 6.73. The van der Waals surface area contributed by atoms with Gasteiger partial charge in [-0.25, -0.2) is 0 Å². The molecule has 0 bridgehead atoms. The molecule has 2 aliphatic carbocycles. The predicted molar refractivity (Wildman–Crippen MR) is 119 cm³/mol. The lowest BCUT2D eigenvalue weighted by molar-refractivity contribution is 0.117. The van der Waals surface area contributed by atoms with Gasteiger partial charge in [-0.1, -0.05) is 37.2 Å². The Kier molecular flexibility index (Phi) is 6.36. The van der Waals surface area contributed by atoms with Crippen molar-refractivity contribution < 1.29 is 5.11 Å². The first kappa shape index (κ1) is 20.5. The van der Waals surface area contributed by atoms with Gasteiger partial charge in [-0.3, -0.25) is 4.98 Å². The lowest BCUT2D eigenvalue weighted by Gasteiger charge is -2.50. The van der Waals surface area contributed by atoms with Gasteiger partial charge < -0.3 is 10.0 Å². The average molecular weight is 400 g/mol. The topological polar surface area (TPSA) is 60.2 Å². The molecular formula is C26H29N3O. The Morgan fingerprint density at radius 2 is 1.77 bits per heavy atom. The fraction of sp³-hybridized carbons (Fsp3) is 0.462. The van der Waals surface area contributed by atoms with Gasteiger partial charge in [0.2, 0.25) is 0 Å². The van der Waals surface area contributed by atoms with Crippen LogP contribution in [0.3, 0.4) is 0 Å². The Bertz CT molecular complexity index is 939. The summed E-state index contributed by atoms with van der Waals surface area (Å²) in [5.41, 5.74) is 2.44. The molecule has 1 aromatic carbocycles. The van der Waals surface area contributed by atoms with Crippen molar-refractivity contribution in [2.75, 3.05) is 4.90 Å². The zero-order chi connectivity index (χ0) is 20.8. The van der Waals surface area contributed by atoms with Crippen molar-refractivity contribution in [3.63, 3.8) is 0 Å². The van der Waals surface area contributed by atoms with Crippen LogP contribution in [0.15, 0.2) is 48.8 Å². The molecule has 0 atom stereocenters. The Hall–Kier alpha value is -2.82. The van der Waals surface area contributed by atoms with Crippen LogP contribution in [0.5, 0.6) is 0 Å². The molecule has 154 valence electrons. The predicted octanol–water partition coefficient (Wildman–Crippen LogP) is 4.82. The van der Waals surface area contributed by atoms with Crippen molar-refractivity contribution in [2.24, 2.45) is 0 Å². The standard InChI is InChI=1S/C26H29N3O/c27-19-22-6-4-8-24(18-22)29(23-9-11-25(30)12-10-23)26(14-2-1-3-15-26)16-13-21-7-5-17-28-20-21/h4-8,17-18,20,23,25,30H,1-3,9-12,14-15H2. The Balaban J connectivity index is 1.78. The van der Waals surface area contributed by atoms with Crippen molar-refractivity contribution in [1.29, 1.82) is 5.26 Å². The van der Waals surface area contributed by atoms with Gasteiger partial charge >= 0.3 is 0 Å². The molecule has 2 saturated carbocycles. The zero-order valence-corrected chi connectivity index (χ0v) is 17.4. The highest BCUT2D eigenvalue weighted by atomic mass is 16.3. The normalized spacial score (nSPS) is 22.9. The van der Waals surface area contributed by atoms with Gasteiger partial charge in [0.15, 0.2) is 0 Å².